The molecule has 0 fully saturated rings. The molecule has 0 N–H and O–H groups in total. The summed E-state index contributed by atoms with van der Waals surface area (Å²) in [5, 5.41) is 4.36. The van der Waals surface area contributed by atoms with E-state index < -0.39 is 0 Å². The van der Waals surface area contributed by atoms with Gasteiger partial charge < -0.3 is 0 Å². The Bertz CT molecular complexity index is 479. The van der Waals surface area contributed by atoms with Crippen molar-refractivity contribution in [3.8, 4) is 5.69 Å². The number of benzene rings is 1. The van der Waals surface area contributed by atoms with E-state index in [2.05, 4.69) is 34.0 Å². The topological polar surface area (TPSA) is 17.8 Å². The van der Waals surface area contributed by atoms with Gasteiger partial charge in [0.2, 0.25) is 0 Å². The van der Waals surface area contributed by atoms with Gasteiger partial charge in [0.1, 0.15) is 0 Å². The number of alkyl halides is 1. The summed E-state index contributed by atoms with van der Waals surface area (Å²) in [6.45, 7) is 2.06. The van der Waals surface area contributed by atoms with Gasteiger partial charge >= 0.3 is 0 Å². The monoisotopic (exact) mass is 284 g/mol. The zero-order valence-corrected chi connectivity index (χ0v) is 10.6. The molecule has 0 spiro atoms. The largest absolute Gasteiger partial charge is 0.240 e. The average Bonchev–Trinajstić information content (AvgIpc) is 2.70. The van der Waals surface area contributed by atoms with Crippen molar-refractivity contribution in [3.05, 3.63) is 46.2 Å². The normalized spacial score (nSPS) is 10.6. The van der Waals surface area contributed by atoms with E-state index in [-0.39, 0.29) is 0 Å². The van der Waals surface area contributed by atoms with Crippen molar-refractivity contribution in [1.29, 1.82) is 0 Å². The standard InChI is InChI=1S/C11H10BrClN2/c1-8-3-2-4-10(11(8)12)15-6-5-9(7-13)14-15/h2-6H,7H2,1H3. The van der Waals surface area contributed by atoms with Gasteiger partial charge in [-0.2, -0.15) is 5.10 Å². The lowest BCUT2D eigenvalue weighted by Crippen LogP contribution is -1.97. The van der Waals surface area contributed by atoms with E-state index in [0.717, 1.165) is 15.9 Å². The maximum Gasteiger partial charge on any atom is 0.0790 e. The molecule has 2 rings (SSSR count). The fourth-order valence-corrected chi connectivity index (χ4v) is 1.96. The minimum Gasteiger partial charge on any atom is -0.240 e. The van der Waals surface area contributed by atoms with Crippen molar-refractivity contribution >= 4 is 27.5 Å². The maximum absolute atomic E-state index is 5.71. The van der Waals surface area contributed by atoms with Crippen LogP contribution in [0, 0.1) is 6.92 Å². The first-order valence-electron chi connectivity index (χ1n) is 4.58. The Balaban J connectivity index is 2.49. The Labute approximate surface area is 102 Å². The molecule has 0 aliphatic carbocycles. The van der Waals surface area contributed by atoms with E-state index in [4.69, 9.17) is 11.6 Å². The molecule has 0 bridgehead atoms. The van der Waals surface area contributed by atoms with Crippen LogP contribution in [0.4, 0.5) is 0 Å². The molecular formula is C11H10BrClN2. The van der Waals surface area contributed by atoms with Crippen LogP contribution in [0.25, 0.3) is 5.69 Å². The highest BCUT2D eigenvalue weighted by Gasteiger charge is 2.05. The lowest BCUT2D eigenvalue weighted by molar-refractivity contribution is 0.853. The Morgan fingerprint density at radius 2 is 2.20 bits per heavy atom. The highest BCUT2D eigenvalue weighted by molar-refractivity contribution is 9.10. The fraction of sp³-hybridized carbons (Fsp3) is 0.182. The number of nitrogens with zero attached hydrogens (tertiary/aromatic N) is 2. The molecule has 0 aliphatic rings. The van der Waals surface area contributed by atoms with Gasteiger partial charge in [-0.15, -0.1) is 11.6 Å². The molecule has 0 saturated heterocycles. The zero-order valence-electron chi connectivity index (χ0n) is 8.24. The van der Waals surface area contributed by atoms with Crippen LogP contribution in [-0.4, -0.2) is 9.78 Å². The average molecular weight is 286 g/mol. The first-order valence-corrected chi connectivity index (χ1v) is 5.91. The third kappa shape index (κ3) is 2.08. The van der Waals surface area contributed by atoms with Crippen LogP contribution < -0.4 is 0 Å². The molecule has 1 aromatic heterocycles. The molecule has 0 aliphatic heterocycles. The van der Waals surface area contributed by atoms with Crippen LogP contribution >= 0.6 is 27.5 Å². The fourth-order valence-electron chi connectivity index (χ4n) is 1.38. The summed E-state index contributed by atoms with van der Waals surface area (Å²) in [6.07, 6.45) is 1.91. The molecule has 2 aromatic rings. The lowest BCUT2D eigenvalue weighted by Gasteiger charge is -2.06. The summed E-state index contributed by atoms with van der Waals surface area (Å²) in [5.41, 5.74) is 3.10. The summed E-state index contributed by atoms with van der Waals surface area (Å²) in [4.78, 5) is 0. The van der Waals surface area contributed by atoms with Crippen LogP contribution in [0.2, 0.25) is 0 Å². The van der Waals surface area contributed by atoms with Crippen LogP contribution in [-0.2, 0) is 5.88 Å². The maximum atomic E-state index is 5.71. The molecule has 0 atom stereocenters. The molecule has 0 saturated carbocycles. The summed E-state index contributed by atoms with van der Waals surface area (Å²) >= 11 is 9.27. The third-order valence-corrected chi connectivity index (χ3v) is 3.50. The first-order chi connectivity index (χ1) is 7.22. The van der Waals surface area contributed by atoms with E-state index in [1.807, 2.05) is 29.1 Å². The van der Waals surface area contributed by atoms with E-state index in [0.29, 0.717) is 5.88 Å². The second-order valence-electron chi connectivity index (χ2n) is 3.29. The number of hydrogen-bond donors (Lipinski definition) is 0. The van der Waals surface area contributed by atoms with Crippen LogP contribution in [0.15, 0.2) is 34.9 Å². The lowest BCUT2D eigenvalue weighted by atomic mass is 10.2. The quantitative estimate of drug-likeness (QED) is 0.770. The molecule has 15 heavy (non-hydrogen) atoms. The summed E-state index contributed by atoms with van der Waals surface area (Å²) in [6, 6.07) is 8.00. The van der Waals surface area contributed by atoms with Crippen molar-refractivity contribution in [3.63, 3.8) is 0 Å². The molecule has 0 amide bonds. The Morgan fingerprint density at radius 1 is 1.40 bits per heavy atom. The van der Waals surface area contributed by atoms with E-state index >= 15 is 0 Å². The molecule has 0 radical (unpaired) electrons. The van der Waals surface area contributed by atoms with Crippen LogP contribution in [0.3, 0.4) is 0 Å². The predicted molar refractivity (Wildman–Crippen MR) is 65.6 cm³/mol. The van der Waals surface area contributed by atoms with Gasteiger partial charge in [-0.05, 0) is 40.5 Å². The van der Waals surface area contributed by atoms with Gasteiger partial charge in [-0.1, -0.05) is 12.1 Å². The SMILES string of the molecule is Cc1cccc(-n2ccc(CCl)n2)c1Br. The second kappa shape index (κ2) is 4.37. The van der Waals surface area contributed by atoms with Crippen molar-refractivity contribution in [2.45, 2.75) is 12.8 Å². The third-order valence-electron chi connectivity index (χ3n) is 2.20. The minimum atomic E-state index is 0.441. The van der Waals surface area contributed by atoms with Crippen molar-refractivity contribution in [2.75, 3.05) is 0 Å². The number of aromatic nitrogens is 2. The molecule has 0 unspecified atom stereocenters. The smallest absolute Gasteiger partial charge is 0.0790 e. The number of rotatable bonds is 2. The van der Waals surface area contributed by atoms with Crippen LogP contribution in [0.5, 0.6) is 0 Å². The van der Waals surface area contributed by atoms with E-state index in [9.17, 15) is 0 Å². The van der Waals surface area contributed by atoms with Crippen LogP contribution in [0.1, 0.15) is 11.3 Å². The van der Waals surface area contributed by atoms with E-state index in [1.54, 1.807) is 0 Å². The Kier molecular flexibility index (Phi) is 3.12. The van der Waals surface area contributed by atoms with Gasteiger partial charge in [-0.25, -0.2) is 4.68 Å². The first kappa shape index (κ1) is 10.7. The van der Waals surface area contributed by atoms with E-state index in [1.165, 1.54) is 5.56 Å². The molecule has 2 nitrogen and oxygen atoms in total. The van der Waals surface area contributed by atoms with Crippen molar-refractivity contribution in [1.82, 2.24) is 9.78 Å². The van der Waals surface area contributed by atoms with Gasteiger partial charge in [-0.3, -0.25) is 0 Å². The number of hydrogen-bond acceptors (Lipinski definition) is 1. The summed E-state index contributed by atoms with van der Waals surface area (Å²) in [5.74, 6) is 0.441. The molecule has 1 heterocycles. The molecular weight excluding hydrogens is 275 g/mol. The number of aryl methyl sites for hydroxylation is 1. The van der Waals surface area contributed by atoms with Crippen molar-refractivity contribution in [2.24, 2.45) is 0 Å². The van der Waals surface area contributed by atoms with Gasteiger partial charge in [0.15, 0.2) is 0 Å². The highest BCUT2D eigenvalue weighted by Crippen LogP contribution is 2.24. The van der Waals surface area contributed by atoms with Gasteiger partial charge in [0.25, 0.3) is 0 Å². The van der Waals surface area contributed by atoms with Gasteiger partial charge in [0, 0.05) is 10.7 Å². The second-order valence-corrected chi connectivity index (χ2v) is 4.35. The summed E-state index contributed by atoms with van der Waals surface area (Å²) in [7, 11) is 0. The Morgan fingerprint density at radius 3 is 2.87 bits per heavy atom. The zero-order chi connectivity index (χ0) is 10.8. The molecule has 4 heteroatoms. The van der Waals surface area contributed by atoms with Crippen molar-refractivity contribution < 1.29 is 0 Å². The Hall–Kier alpha value is -0.800. The van der Waals surface area contributed by atoms with Gasteiger partial charge in [0.05, 0.1) is 17.3 Å². The predicted octanol–water partition coefficient (Wildman–Crippen LogP) is 3.68. The molecule has 78 valence electrons. The minimum absolute atomic E-state index is 0.441. The highest BCUT2D eigenvalue weighted by atomic mass is 79.9. The number of halogens is 2. The summed E-state index contributed by atoms with van der Waals surface area (Å²) < 4.78 is 2.89. The molecule has 1 aromatic carbocycles.